The molecule has 1 saturated heterocycles. The fourth-order valence-electron chi connectivity index (χ4n) is 2.36. The zero-order valence-corrected chi connectivity index (χ0v) is 14.1. The first-order chi connectivity index (χ1) is 10.8. The summed E-state index contributed by atoms with van der Waals surface area (Å²) in [6.45, 7) is 2.94. The summed E-state index contributed by atoms with van der Waals surface area (Å²) in [7, 11) is 0. The van der Waals surface area contributed by atoms with Crippen LogP contribution in [0.1, 0.15) is 25.0 Å². The zero-order valence-electron chi connectivity index (χ0n) is 13.3. The highest BCUT2D eigenvalue weighted by molar-refractivity contribution is 6.09. The van der Waals surface area contributed by atoms with E-state index >= 15 is 0 Å². The summed E-state index contributed by atoms with van der Waals surface area (Å²) in [5, 5.41) is 9.95. The molecule has 0 bridgehead atoms. The number of imide groups is 1. The summed E-state index contributed by atoms with van der Waals surface area (Å²) in [6.07, 6.45) is 0. The minimum Gasteiger partial charge on any atom is -0.465 e. The second-order valence-corrected chi connectivity index (χ2v) is 5.24. The van der Waals surface area contributed by atoms with E-state index in [4.69, 9.17) is 15.9 Å². The number of nitrogens with two attached hydrogens (primary N) is 1. The number of carbonyl (C=O) groups is 3. The molecule has 2 rings (SSSR count). The van der Waals surface area contributed by atoms with Gasteiger partial charge in [-0.05, 0) is 19.4 Å². The van der Waals surface area contributed by atoms with Crippen molar-refractivity contribution in [3.8, 4) is 0 Å². The van der Waals surface area contributed by atoms with E-state index in [0.717, 1.165) is 4.90 Å². The SMILES string of the molecule is CCOC(=O)CN1C(=O)N[C@@](C)(c2ccc(C(=N)N)cc2)C1=O.Cl. The number of nitrogen functional groups attached to an aromatic ring is 1. The lowest BCUT2D eigenvalue weighted by molar-refractivity contribution is -0.147. The second-order valence-electron chi connectivity index (χ2n) is 5.24. The average molecular weight is 355 g/mol. The van der Waals surface area contributed by atoms with E-state index in [0.29, 0.717) is 11.1 Å². The number of rotatable bonds is 5. The number of urea groups is 1. The summed E-state index contributed by atoms with van der Waals surface area (Å²) in [6, 6.07) is 5.76. The van der Waals surface area contributed by atoms with E-state index < -0.39 is 30.0 Å². The number of amidine groups is 1. The minimum atomic E-state index is -1.28. The molecule has 0 aliphatic carbocycles. The van der Waals surface area contributed by atoms with Crippen LogP contribution in [0, 0.1) is 5.41 Å². The Morgan fingerprint density at radius 2 is 1.92 bits per heavy atom. The molecular weight excluding hydrogens is 336 g/mol. The summed E-state index contributed by atoms with van der Waals surface area (Å²) in [5.41, 5.74) is 5.16. The highest BCUT2D eigenvalue weighted by atomic mass is 35.5. The first-order valence-electron chi connectivity index (χ1n) is 7.04. The van der Waals surface area contributed by atoms with Gasteiger partial charge in [0, 0.05) is 5.56 Å². The van der Waals surface area contributed by atoms with Crippen molar-refractivity contribution in [1.29, 1.82) is 5.41 Å². The van der Waals surface area contributed by atoms with Gasteiger partial charge < -0.3 is 15.8 Å². The molecule has 1 aliphatic heterocycles. The third-order valence-corrected chi connectivity index (χ3v) is 3.64. The molecule has 1 fully saturated rings. The van der Waals surface area contributed by atoms with E-state index in [1.165, 1.54) is 0 Å². The van der Waals surface area contributed by atoms with Crippen LogP contribution in [0.4, 0.5) is 4.79 Å². The molecule has 1 aliphatic rings. The minimum absolute atomic E-state index is 0. The molecule has 4 N–H and O–H groups in total. The normalized spacial score (nSPS) is 19.5. The zero-order chi connectivity index (χ0) is 17.2. The Kier molecular flexibility index (Phi) is 5.92. The maximum absolute atomic E-state index is 12.6. The fraction of sp³-hybridized carbons (Fsp3) is 0.333. The largest absolute Gasteiger partial charge is 0.465 e. The molecular formula is C15H19ClN4O4. The van der Waals surface area contributed by atoms with Crippen LogP contribution in [0.3, 0.4) is 0 Å². The van der Waals surface area contributed by atoms with Gasteiger partial charge in [0.25, 0.3) is 5.91 Å². The van der Waals surface area contributed by atoms with E-state index in [9.17, 15) is 14.4 Å². The molecule has 3 amide bonds. The highest BCUT2D eigenvalue weighted by Gasteiger charge is 2.49. The van der Waals surface area contributed by atoms with Crippen molar-refractivity contribution in [3.05, 3.63) is 35.4 Å². The third-order valence-electron chi connectivity index (χ3n) is 3.64. The van der Waals surface area contributed by atoms with Gasteiger partial charge >= 0.3 is 12.0 Å². The second kappa shape index (κ2) is 7.31. The predicted octanol–water partition coefficient (Wildman–Crippen LogP) is 0.723. The Labute approximate surface area is 145 Å². The summed E-state index contributed by atoms with van der Waals surface area (Å²) in [5.74, 6) is -1.27. The number of hydrogen-bond donors (Lipinski definition) is 3. The van der Waals surface area contributed by atoms with Crippen LogP contribution >= 0.6 is 12.4 Å². The van der Waals surface area contributed by atoms with Gasteiger partial charge in [-0.3, -0.25) is 19.9 Å². The molecule has 0 spiro atoms. The Morgan fingerprint density at radius 3 is 2.42 bits per heavy atom. The van der Waals surface area contributed by atoms with E-state index in [1.54, 1.807) is 38.1 Å². The average Bonchev–Trinajstić information content (AvgIpc) is 2.72. The number of halogens is 1. The van der Waals surface area contributed by atoms with Crippen LogP contribution in [0.2, 0.25) is 0 Å². The van der Waals surface area contributed by atoms with Gasteiger partial charge in [0.2, 0.25) is 0 Å². The van der Waals surface area contributed by atoms with Gasteiger partial charge in [0.15, 0.2) is 0 Å². The maximum Gasteiger partial charge on any atom is 0.326 e. The monoisotopic (exact) mass is 354 g/mol. The lowest BCUT2D eigenvalue weighted by atomic mass is 9.91. The van der Waals surface area contributed by atoms with Crippen LogP contribution in [-0.4, -0.2) is 41.8 Å². The molecule has 8 nitrogen and oxygen atoms in total. The Bertz CT molecular complexity index is 677. The van der Waals surface area contributed by atoms with Crippen LogP contribution in [0.25, 0.3) is 0 Å². The molecule has 130 valence electrons. The maximum atomic E-state index is 12.6. The molecule has 1 aromatic rings. The van der Waals surface area contributed by atoms with Crippen LogP contribution < -0.4 is 11.1 Å². The van der Waals surface area contributed by atoms with Gasteiger partial charge in [-0.2, -0.15) is 0 Å². The van der Waals surface area contributed by atoms with E-state index in [-0.39, 0.29) is 24.8 Å². The molecule has 1 aromatic carbocycles. The van der Waals surface area contributed by atoms with Crippen molar-refractivity contribution in [2.24, 2.45) is 5.73 Å². The first kappa shape index (κ1) is 19.4. The van der Waals surface area contributed by atoms with Gasteiger partial charge in [0.05, 0.1) is 6.61 Å². The van der Waals surface area contributed by atoms with Crippen molar-refractivity contribution in [1.82, 2.24) is 10.2 Å². The predicted molar refractivity (Wildman–Crippen MR) is 88.9 cm³/mol. The smallest absolute Gasteiger partial charge is 0.326 e. The number of hydrogen-bond acceptors (Lipinski definition) is 5. The number of nitrogens with zero attached hydrogens (tertiary/aromatic N) is 1. The van der Waals surface area contributed by atoms with Gasteiger partial charge in [-0.1, -0.05) is 24.3 Å². The number of amides is 3. The molecule has 0 aromatic heterocycles. The van der Waals surface area contributed by atoms with Crippen molar-refractivity contribution < 1.29 is 19.1 Å². The van der Waals surface area contributed by atoms with Gasteiger partial charge in [-0.25, -0.2) is 4.79 Å². The third kappa shape index (κ3) is 3.48. The molecule has 1 atom stereocenters. The quantitative estimate of drug-likeness (QED) is 0.311. The van der Waals surface area contributed by atoms with E-state index in [2.05, 4.69) is 5.32 Å². The van der Waals surface area contributed by atoms with Crippen molar-refractivity contribution in [2.45, 2.75) is 19.4 Å². The Hall–Kier alpha value is -2.61. The molecule has 1 heterocycles. The molecule has 0 unspecified atom stereocenters. The summed E-state index contributed by atoms with van der Waals surface area (Å²) in [4.78, 5) is 36.9. The van der Waals surface area contributed by atoms with Crippen LogP contribution in [0.15, 0.2) is 24.3 Å². The van der Waals surface area contributed by atoms with Crippen molar-refractivity contribution >= 4 is 36.2 Å². The van der Waals surface area contributed by atoms with Crippen LogP contribution in [0.5, 0.6) is 0 Å². The highest BCUT2D eigenvalue weighted by Crippen LogP contribution is 2.28. The summed E-state index contributed by atoms with van der Waals surface area (Å²) < 4.78 is 4.77. The number of esters is 1. The number of benzene rings is 1. The van der Waals surface area contributed by atoms with Crippen molar-refractivity contribution in [2.75, 3.05) is 13.2 Å². The van der Waals surface area contributed by atoms with Gasteiger partial charge in [0.1, 0.15) is 17.9 Å². The van der Waals surface area contributed by atoms with Crippen LogP contribution in [-0.2, 0) is 19.9 Å². The molecule has 9 heteroatoms. The number of nitrogens with one attached hydrogen (secondary N) is 2. The Balaban J connectivity index is 0.00000288. The molecule has 0 saturated carbocycles. The van der Waals surface area contributed by atoms with Crippen molar-refractivity contribution in [3.63, 3.8) is 0 Å². The van der Waals surface area contributed by atoms with Gasteiger partial charge in [-0.15, -0.1) is 12.4 Å². The molecule has 0 radical (unpaired) electrons. The van der Waals surface area contributed by atoms with E-state index in [1.807, 2.05) is 0 Å². The summed E-state index contributed by atoms with van der Waals surface area (Å²) >= 11 is 0. The number of ether oxygens (including phenoxy) is 1. The first-order valence-corrected chi connectivity index (χ1v) is 7.04. The fourth-order valence-corrected chi connectivity index (χ4v) is 2.36. The standard InChI is InChI=1S/C15H18N4O4.ClH/c1-3-23-11(20)8-19-13(21)15(2,18-14(19)22)10-6-4-9(5-7-10)12(16)17;/h4-7H,3,8H2,1-2H3,(H3,16,17)(H,18,22);1H/t15-;/m0./s1. The molecule has 24 heavy (non-hydrogen) atoms. The number of carbonyl (C=O) groups excluding carboxylic acids is 3. The lowest BCUT2D eigenvalue weighted by Crippen LogP contribution is -2.41. The Morgan fingerprint density at radius 1 is 1.33 bits per heavy atom. The lowest BCUT2D eigenvalue weighted by Gasteiger charge is -2.22. The topological polar surface area (TPSA) is 126 Å².